The Hall–Kier alpha value is -1.23. The third-order valence-corrected chi connectivity index (χ3v) is 1.15. The number of rotatable bonds is 2. The Morgan fingerprint density at radius 2 is 2.30 bits per heavy atom. The summed E-state index contributed by atoms with van der Waals surface area (Å²) in [5.74, 6) is 0. The molecule has 0 unspecified atom stereocenters. The predicted molar refractivity (Wildman–Crippen MR) is 41.9 cm³/mol. The van der Waals surface area contributed by atoms with Gasteiger partial charge in [-0.25, -0.2) is 0 Å². The third kappa shape index (κ3) is 2.36. The smallest absolute Gasteiger partial charge is 0.101 e. The monoisotopic (exact) mass is 136 g/mol. The van der Waals surface area contributed by atoms with Crippen LogP contribution in [0.1, 0.15) is 20.3 Å². The number of hydrogen-bond donors (Lipinski definition) is 1. The topological polar surface area (TPSA) is 49.8 Å². The summed E-state index contributed by atoms with van der Waals surface area (Å²) in [7, 11) is 0. The average molecular weight is 136 g/mol. The Labute approximate surface area is 61.6 Å². The molecule has 0 aromatic heterocycles. The van der Waals surface area contributed by atoms with Crippen molar-refractivity contribution in [2.75, 3.05) is 0 Å². The molecule has 0 saturated heterocycles. The van der Waals surface area contributed by atoms with Crippen molar-refractivity contribution in [3.05, 3.63) is 23.4 Å². The van der Waals surface area contributed by atoms with Crippen LogP contribution in [-0.2, 0) is 0 Å². The lowest BCUT2D eigenvalue weighted by molar-refractivity contribution is 1.19. The minimum atomic E-state index is 0.560. The maximum atomic E-state index is 8.52. The SMILES string of the molecule is C/C=C(N)\C(C#N)=C/CC. The molecule has 0 aliphatic heterocycles. The molecule has 2 N–H and O–H groups in total. The lowest BCUT2D eigenvalue weighted by atomic mass is 10.2. The zero-order valence-corrected chi connectivity index (χ0v) is 6.39. The highest BCUT2D eigenvalue weighted by Gasteiger charge is 1.94. The maximum absolute atomic E-state index is 8.52. The lowest BCUT2D eigenvalue weighted by Gasteiger charge is -1.94. The van der Waals surface area contributed by atoms with E-state index in [0.29, 0.717) is 11.3 Å². The molecule has 0 aliphatic carbocycles. The summed E-state index contributed by atoms with van der Waals surface area (Å²) in [5.41, 5.74) is 6.62. The van der Waals surface area contributed by atoms with Crippen LogP contribution >= 0.6 is 0 Å². The summed E-state index contributed by atoms with van der Waals surface area (Å²) < 4.78 is 0. The van der Waals surface area contributed by atoms with E-state index in [1.165, 1.54) is 0 Å². The molecule has 0 radical (unpaired) electrons. The van der Waals surface area contributed by atoms with Crippen molar-refractivity contribution in [3.63, 3.8) is 0 Å². The quantitative estimate of drug-likeness (QED) is 0.464. The Morgan fingerprint density at radius 3 is 2.60 bits per heavy atom. The fourth-order valence-corrected chi connectivity index (χ4v) is 0.588. The molecule has 0 rings (SSSR count). The van der Waals surface area contributed by atoms with Crippen molar-refractivity contribution >= 4 is 0 Å². The van der Waals surface area contributed by atoms with E-state index in [4.69, 9.17) is 11.0 Å². The maximum Gasteiger partial charge on any atom is 0.101 e. The minimum absolute atomic E-state index is 0.560. The molecule has 0 saturated carbocycles. The summed E-state index contributed by atoms with van der Waals surface area (Å²) in [6, 6.07) is 2.02. The van der Waals surface area contributed by atoms with Crippen LogP contribution in [0.15, 0.2) is 23.4 Å². The number of nitrogens with zero attached hydrogens (tertiary/aromatic N) is 1. The largest absolute Gasteiger partial charge is 0.398 e. The van der Waals surface area contributed by atoms with Crippen LogP contribution in [0.25, 0.3) is 0 Å². The normalized spacial score (nSPS) is 12.9. The van der Waals surface area contributed by atoms with Crippen LogP contribution in [0.2, 0.25) is 0 Å². The van der Waals surface area contributed by atoms with Crippen molar-refractivity contribution in [1.82, 2.24) is 0 Å². The molecule has 0 aromatic carbocycles. The van der Waals surface area contributed by atoms with Gasteiger partial charge in [-0.2, -0.15) is 5.26 Å². The summed E-state index contributed by atoms with van der Waals surface area (Å²) >= 11 is 0. The minimum Gasteiger partial charge on any atom is -0.398 e. The molecule has 0 heterocycles. The second kappa shape index (κ2) is 4.63. The molecular formula is C8H12N2. The van der Waals surface area contributed by atoms with Gasteiger partial charge in [-0.1, -0.05) is 19.1 Å². The first-order chi connectivity index (χ1) is 4.76. The van der Waals surface area contributed by atoms with Gasteiger partial charge in [0.1, 0.15) is 6.07 Å². The Balaban J connectivity index is 4.41. The molecule has 10 heavy (non-hydrogen) atoms. The first kappa shape index (κ1) is 8.77. The Morgan fingerprint density at radius 1 is 1.70 bits per heavy atom. The first-order valence-corrected chi connectivity index (χ1v) is 3.28. The van der Waals surface area contributed by atoms with Gasteiger partial charge < -0.3 is 5.73 Å². The van der Waals surface area contributed by atoms with Gasteiger partial charge in [-0.15, -0.1) is 0 Å². The molecule has 0 bridgehead atoms. The van der Waals surface area contributed by atoms with Gasteiger partial charge in [0.15, 0.2) is 0 Å². The number of nitriles is 1. The molecule has 54 valence electrons. The van der Waals surface area contributed by atoms with Gasteiger partial charge in [0.2, 0.25) is 0 Å². The number of nitrogens with two attached hydrogens (primary N) is 1. The van der Waals surface area contributed by atoms with Crippen LogP contribution in [0.3, 0.4) is 0 Å². The van der Waals surface area contributed by atoms with Crippen LogP contribution in [0, 0.1) is 11.3 Å². The van der Waals surface area contributed by atoms with E-state index in [9.17, 15) is 0 Å². The highest BCUT2D eigenvalue weighted by Crippen LogP contribution is 2.02. The van der Waals surface area contributed by atoms with Crippen molar-refractivity contribution in [2.24, 2.45) is 5.73 Å². The molecule has 2 nitrogen and oxygen atoms in total. The molecule has 0 amide bonds. The number of allylic oxidation sites excluding steroid dienone is 3. The molecule has 0 aliphatic rings. The van der Waals surface area contributed by atoms with E-state index in [1.54, 1.807) is 6.08 Å². The highest BCUT2D eigenvalue weighted by molar-refractivity contribution is 5.39. The Kier molecular flexibility index (Phi) is 4.06. The van der Waals surface area contributed by atoms with Gasteiger partial charge in [-0.05, 0) is 13.3 Å². The third-order valence-electron chi connectivity index (χ3n) is 1.15. The van der Waals surface area contributed by atoms with Gasteiger partial charge in [0, 0.05) is 5.70 Å². The van der Waals surface area contributed by atoms with E-state index < -0.39 is 0 Å². The summed E-state index contributed by atoms with van der Waals surface area (Å²) in [4.78, 5) is 0. The summed E-state index contributed by atoms with van der Waals surface area (Å²) in [5, 5.41) is 8.52. The standard InChI is InChI=1S/C8H12N2/c1-3-5-7(6-9)8(10)4-2/h4-5H,3,10H2,1-2H3/b7-5-,8-4+. The molecule has 0 fully saturated rings. The van der Waals surface area contributed by atoms with Crippen molar-refractivity contribution in [2.45, 2.75) is 20.3 Å². The van der Waals surface area contributed by atoms with E-state index in [2.05, 4.69) is 0 Å². The zero-order chi connectivity index (χ0) is 7.98. The van der Waals surface area contributed by atoms with Gasteiger partial charge in [0.05, 0.1) is 5.57 Å². The second-order valence-electron chi connectivity index (χ2n) is 1.88. The molecular weight excluding hydrogens is 124 g/mol. The molecule has 0 aromatic rings. The zero-order valence-electron chi connectivity index (χ0n) is 6.39. The molecule has 0 spiro atoms. The second-order valence-corrected chi connectivity index (χ2v) is 1.88. The highest BCUT2D eigenvalue weighted by atomic mass is 14.6. The first-order valence-electron chi connectivity index (χ1n) is 3.28. The fourth-order valence-electron chi connectivity index (χ4n) is 0.588. The van der Waals surface area contributed by atoms with Crippen LogP contribution in [0.5, 0.6) is 0 Å². The van der Waals surface area contributed by atoms with Gasteiger partial charge in [0.25, 0.3) is 0 Å². The van der Waals surface area contributed by atoms with Gasteiger partial charge >= 0.3 is 0 Å². The van der Waals surface area contributed by atoms with Crippen LogP contribution in [0.4, 0.5) is 0 Å². The predicted octanol–water partition coefficient (Wildman–Crippen LogP) is 1.71. The summed E-state index contributed by atoms with van der Waals surface area (Å²) in [6.07, 6.45) is 4.39. The van der Waals surface area contributed by atoms with Crippen molar-refractivity contribution < 1.29 is 0 Å². The van der Waals surface area contributed by atoms with Crippen molar-refractivity contribution in [3.8, 4) is 6.07 Å². The van der Waals surface area contributed by atoms with Crippen LogP contribution in [-0.4, -0.2) is 0 Å². The Bertz CT molecular complexity index is 194. The van der Waals surface area contributed by atoms with E-state index in [-0.39, 0.29) is 0 Å². The van der Waals surface area contributed by atoms with E-state index in [1.807, 2.05) is 26.0 Å². The van der Waals surface area contributed by atoms with Crippen LogP contribution < -0.4 is 5.73 Å². The molecule has 0 atom stereocenters. The van der Waals surface area contributed by atoms with Gasteiger partial charge in [-0.3, -0.25) is 0 Å². The summed E-state index contributed by atoms with van der Waals surface area (Å²) in [6.45, 7) is 3.79. The molecule has 2 heteroatoms. The van der Waals surface area contributed by atoms with Crippen molar-refractivity contribution in [1.29, 1.82) is 5.26 Å². The number of hydrogen-bond acceptors (Lipinski definition) is 2. The van der Waals surface area contributed by atoms with E-state index >= 15 is 0 Å². The van der Waals surface area contributed by atoms with E-state index in [0.717, 1.165) is 6.42 Å². The fraction of sp³-hybridized carbons (Fsp3) is 0.375. The average Bonchev–Trinajstić information content (AvgIpc) is 1.99. The lowest BCUT2D eigenvalue weighted by Crippen LogP contribution is -1.98.